The van der Waals surface area contributed by atoms with Crippen molar-refractivity contribution in [3.8, 4) is 0 Å². The van der Waals surface area contributed by atoms with Crippen LogP contribution < -0.4 is 0 Å². The summed E-state index contributed by atoms with van der Waals surface area (Å²) < 4.78 is 26.3. The summed E-state index contributed by atoms with van der Waals surface area (Å²) in [5.41, 5.74) is 0. The fourth-order valence-electron chi connectivity index (χ4n) is 2.30. The Kier molecular flexibility index (Phi) is 5.48. The SMILES string of the molecule is COC1C(=O)C(OC)C(OC)C(OC)C1OC. The van der Waals surface area contributed by atoms with Crippen LogP contribution in [0.5, 0.6) is 0 Å². The minimum atomic E-state index is -0.707. The van der Waals surface area contributed by atoms with Crippen molar-refractivity contribution in [2.24, 2.45) is 0 Å². The lowest BCUT2D eigenvalue weighted by Gasteiger charge is -2.42. The zero-order valence-electron chi connectivity index (χ0n) is 10.8. The van der Waals surface area contributed by atoms with Crippen molar-refractivity contribution in [3.63, 3.8) is 0 Å². The van der Waals surface area contributed by atoms with E-state index in [1.807, 2.05) is 0 Å². The first-order chi connectivity index (χ1) is 8.15. The predicted molar refractivity (Wildman–Crippen MR) is 59.0 cm³/mol. The number of rotatable bonds is 5. The monoisotopic (exact) mass is 248 g/mol. The summed E-state index contributed by atoms with van der Waals surface area (Å²) in [4.78, 5) is 12.1. The van der Waals surface area contributed by atoms with E-state index in [0.717, 1.165) is 0 Å². The second-order valence-corrected chi connectivity index (χ2v) is 3.82. The van der Waals surface area contributed by atoms with Gasteiger partial charge >= 0.3 is 0 Å². The molecule has 4 unspecified atom stereocenters. The van der Waals surface area contributed by atoms with Gasteiger partial charge in [0.05, 0.1) is 0 Å². The molecule has 4 atom stereocenters. The maximum Gasteiger partial charge on any atom is 0.195 e. The Morgan fingerprint density at radius 1 is 0.647 bits per heavy atom. The van der Waals surface area contributed by atoms with Gasteiger partial charge in [-0.05, 0) is 0 Å². The molecule has 1 aliphatic carbocycles. The summed E-state index contributed by atoms with van der Waals surface area (Å²) in [6, 6.07) is 0. The maximum atomic E-state index is 12.1. The van der Waals surface area contributed by atoms with Gasteiger partial charge in [0.1, 0.15) is 30.5 Å². The first kappa shape index (κ1) is 14.5. The third-order valence-electron chi connectivity index (χ3n) is 3.13. The van der Waals surface area contributed by atoms with E-state index in [1.165, 1.54) is 35.5 Å². The van der Waals surface area contributed by atoms with Crippen LogP contribution in [-0.2, 0) is 28.5 Å². The van der Waals surface area contributed by atoms with Gasteiger partial charge in [0, 0.05) is 35.5 Å². The minimum absolute atomic E-state index is 0.193. The molecule has 0 aromatic heterocycles. The van der Waals surface area contributed by atoms with E-state index in [0.29, 0.717) is 0 Å². The van der Waals surface area contributed by atoms with Crippen molar-refractivity contribution in [2.45, 2.75) is 30.5 Å². The summed E-state index contributed by atoms with van der Waals surface area (Å²) in [6.45, 7) is 0. The lowest BCUT2D eigenvalue weighted by atomic mass is 9.85. The molecule has 17 heavy (non-hydrogen) atoms. The first-order valence-corrected chi connectivity index (χ1v) is 5.33. The molecule has 6 nitrogen and oxygen atoms in total. The van der Waals surface area contributed by atoms with E-state index in [4.69, 9.17) is 23.7 Å². The van der Waals surface area contributed by atoms with E-state index in [1.54, 1.807) is 0 Å². The van der Waals surface area contributed by atoms with Crippen LogP contribution in [-0.4, -0.2) is 71.9 Å². The quantitative estimate of drug-likeness (QED) is 0.662. The average Bonchev–Trinajstić information content (AvgIpc) is 2.36. The highest BCUT2D eigenvalue weighted by molar-refractivity contribution is 5.90. The Morgan fingerprint density at radius 3 is 1.24 bits per heavy atom. The lowest BCUT2D eigenvalue weighted by Crippen LogP contribution is -2.64. The largest absolute Gasteiger partial charge is 0.376 e. The molecule has 1 saturated carbocycles. The normalized spacial score (nSPS) is 38.4. The van der Waals surface area contributed by atoms with Crippen molar-refractivity contribution < 1.29 is 28.5 Å². The van der Waals surface area contributed by atoms with Gasteiger partial charge in [0.2, 0.25) is 0 Å². The standard InChI is InChI=1S/C11H20O6/c1-13-7-6(12)8(14-2)10(16-4)11(17-5)9(7)15-3/h7-11H,1-5H3. The van der Waals surface area contributed by atoms with Gasteiger partial charge in [-0.2, -0.15) is 0 Å². The lowest BCUT2D eigenvalue weighted by molar-refractivity contribution is -0.209. The summed E-state index contributed by atoms with van der Waals surface area (Å²) in [7, 11) is 7.48. The van der Waals surface area contributed by atoms with Crippen molar-refractivity contribution in [1.29, 1.82) is 0 Å². The molecule has 0 bridgehead atoms. The van der Waals surface area contributed by atoms with Crippen molar-refractivity contribution in [1.82, 2.24) is 0 Å². The molecule has 1 fully saturated rings. The predicted octanol–water partition coefficient (Wildman–Crippen LogP) is -0.356. The zero-order chi connectivity index (χ0) is 13.0. The number of Topliss-reactive ketones (excluding diaryl/α,β-unsaturated/α-hetero) is 1. The molecular formula is C11H20O6. The van der Waals surface area contributed by atoms with Crippen LogP contribution in [0.4, 0.5) is 0 Å². The number of methoxy groups -OCH3 is 5. The number of carbonyl (C=O) groups excluding carboxylic acids is 1. The third kappa shape index (κ3) is 2.51. The highest BCUT2D eigenvalue weighted by Gasteiger charge is 2.52. The molecule has 0 amide bonds. The van der Waals surface area contributed by atoms with Crippen molar-refractivity contribution in [3.05, 3.63) is 0 Å². The Hall–Kier alpha value is -0.530. The average molecular weight is 248 g/mol. The van der Waals surface area contributed by atoms with Crippen LogP contribution in [0.3, 0.4) is 0 Å². The summed E-state index contributed by atoms with van der Waals surface area (Å²) in [6.07, 6.45) is -2.84. The van der Waals surface area contributed by atoms with Gasteiger partial charge in [-0.25, -0.2) is 0 Å². The van der Waals surface area contributed by atoms with Gasteiger partial charge in [0.25, 0.3) is 0 Å². The van der Waals surface area contributed by atoms with Gasteiger partial charge < -0.3 is 23.7 Å². The highest BCUT2D eigenvalue weighted by atomic mass is 16.6. The molecule has 0 N–H and O–H groups in total. The van der Waals surface area contributed by atoms with Crippen LogP contribution in [0, 0.1) is 0 Å². The van der Waals surface area contributed by atoms with Crippen molar-refractivity contribution >= 4 is 5.78 Å². The summed E-state index contributed by atoms with van der Waals surface area (Å²) in [5.74, 6) is -0.193. The van der Waals surface area contributed by atoms with Gasteiger partial charge in [-0.1, -0.05) is 0 Å². The number of ether oxygens (including phenoxy) is 5. The van der Waals surface area contributed by atoms with Crippen molar-refractivity contribution in [2.75, 3.05) is 35.5 Å². The van der Waals surface area contributed by atoms with Crippen LogP contribution in [0.1, 0.15) is 0 Å². The Bertz CT molecular complexity index is 234. The molecule has 6 heteroatoms. The van der Waals surface area contributed by atoms with Crippen LogP contribution in [0.25, 0.3) is 0 Å². The van der Waals surface area contributed by atoms with Gasteiger partial charge in [0.15, 0.2) is 5.78 Å². The highest BCUT2D eigenvalue weighted by Crippen LogP contribution is 2.27. The molecular weight excluding hydrogens is 228 g/mol. The molecule has 0 aromatic carbocycles. The Morgan fingerprint density at radius 2 is 1.00 bits per heavy atom. The second kappa shape index (κ2) is 6.42. The zero-order valence-corrected chi connectivity index (χ0v) is 10.8. The molecule has 100 valence electrons. The number of ketones is 1. The van der Waals surface area contributed by atoms with Crippen LogP contribution in [0.2, 0.25) is 0 Å². The third-order valence-corrected chi connectivity index (χ3v) is 3.13. The number of carbonyl (C=O) groups is 1. The van der Waals surface area contributed by atoms with E-state index in [-0.39, 0.29) is 5.78 Å². The molecule has 0 spiro atoms. The maximum absolute atomic E-state index is 12.1. The fraction of sp³-hybridized carbons (Fsp3) is 0.909. The fourth-order valence-corrected chi connectivity index (χ4v) is 2.30. The van der Waals surface area contributed by atoms with E-state index in [2.05, 4.69) is 0 Å². The molecule has 0 aromatic rings. The van der Waals surface area contributed by atoms with Crippen LogP contribution in [0.15, 0.2) is 0 Å². The molecule has 1 rings (SSSR count). The minimum Gasteiger partial charge on any atom is -0.376 e. The molecule has 0 heterocycles. The number of hydrogen-bond acceptors (Lipinski definition) is 6. The van der Waals surface area contributed by atoms with E-state index < -0.39 is 30.5 Å². The molecule has 1 aliphatic rings. The molecule has 0 aliphatic heterocycles. The van der Waals surface area contributed by atoms with E-state index in [9.17, 15) is 4.79 Å². The van der Waals surface area contributed by atoms with Gasteiger partial charge in [-0.15, -0.1) is 0 Å². The second-order valence-electron chi connectivity index (χ2n) is 3.82. The van der Waals surface area contributed by atoms with E-state index >= 15 is 0 Å². The van der Waals surface area contributed by atoms with Gasteiger partial charge in [-0.3, -0.25) is 4.79 Å². The first-order valence-electron chi connectivity index (χ1n) is 5.33. The topological polar surface area (TPSA) is 63.2 Å². The number of hydrogen-bond donors (Lipinski definition) is 0. The smallest absolute Gasteiger partial charge is 0.195 e. The molecule has 0 radical (unpaired) electrons. The molecule has 0 saturated heterocycles. The summed E-state index contributed by atoms with van der Waals surface area (Å²) in [5, 5.41) is 0. The Balaban J connectivity index is 3.04. The van der Waals surface area contributed by atoms with Crippen LogP contribution >= 0.6 is 0 Å². The summed E-state index contributed by atoms with van der Waals surface area (Å²) >= 11 is 0. The Labute approximate surface area is 101 Å².